The summed E-state index contributed by atoms with van der Waals surface area (Å²) in [4.78, 5) is 6.82. The molecular weight excluding hydrogens is 214 g/mol. The molecule has 0 atom stereocenters. The molecule has 1 saturated heterocycles. The fourth-order valence-corrected chi connectivity index (χ4v) is 2.07. The largest absolute Gasteiger partial charge is 0.472 e. The smallest absolute Gasteiger partial charge is 0.128 e. The summed E-state index contributed by atoms with van der Waals surface area (Å²) in [6, 6.07) is 6.12. The van der Waals surface area contributed by atoms with Crippen LogP contribution < -0.4 is 10.2 Å². The Morgan fingerprint density at radius 3 is 2.65 bits per heavy atom. The standard InChI is InChI=1S/C13H15N3O/c1-2-13(16-6-4-14-5-7-16)15-9-11(1)12-3-8-17-10-12/h1-3,8-10,14H,4-7H2. The quantitative estimate of drug-likeness (QED) is 0.851. The van der Waals surface area contributed by atoms with E-state index in [1.807, 2.05) is 12.3 Å². The van der Waals surface area contributed by atoms with Crippen molar-refractivity contribution in [2.75, 3.05) is 31.1 Å². The van der Waals surface area contributed by atoms with Crippen molar-refractivity contribution in [3.05, 3.63) is 36.9 Å². The molecule has 0 aromatic carbocycles. The van der Waals surface area contributed by atoms with Crippen LogP contribution in [0.3, 0.4) is 0 Å². The first-order valence-electron chi connectivity index (χ1n) is 5.88. The molecule has 1 aliphatic heterocycles. The summed E-state index contributed by atoms with van der Waals surface area (Å²) in [5.74, 6) is 1.05. The molecule has 4 heteroatoms. The topological polar surface area (TPSA) is 41.3 Å². The number of rotatable bonds is 2. The lowest BCUT2D eigenvalue weighted by molar-refractivity contribution is 0.568. The third kappa shape index (κ3) is 2.17. The molecule has 0 amide bonds. The van der Waals surface area contributed by atoms with Crippen LogP contribution in [0.15, 0.2) is 41.3 Å². The van der Waals surface area contributed by atoms with Crippen molar-refractivity contribution in [2.45, 2.75) is 0 Å². The molecule has 0 radical (unpaired) electrons. The molecule has 2 aromatic rings. The molecule has 1 N–H and O–H groups in total. The van der Waals surface area contributed by atoms with E-state index in [-0.39, 0.29) is 0 Å². The fourth-order valence-electron chi connectivity index (χ4n) is 2.07. The van der Waals surface area contributed by atoms with Gasteiger partial charge in [0.25, 0.3) is 0 Å². The lowest BCUT2D eigenvalue weighted by atomic mass is 10.1. The van der Waals surface area contributed by atoms with Gasteiger partial charge in [0.1, 0.15) is 5.82 Å². The first kappa shape index (κ1) is 10.4. The van der Waals surface area contributed by atoms with Gasteiger partial charge in [0, 0.05) is 43.5 Å². The van der Waals surface area contributed by atoms with Crippen molar-refractivity contribution in [3.63, 3.8) is 0 Å². The molecule has 0 bridgehead atoms. The monoisotopic (exact) mass is 229 g/mol. The second kappa shape index (κ2) is 4.59. The molecule has 0 aliphatic carbocycles. The number of furan rings is 1. The summed E-state index contributed by atoms with van der Waals surface area (Å²) in [6.45, 7) is 4.12. The highest BCUT2D eigenvalue weighted by Crippen LogP contribution is 2.21. The van der Waals surface area contributed by atoms with Crippen LogP contribution in [-0.2, 0) is 0 Å². The van der Waals surface area contributed by atoms with E-state index < -0.39 is 0 Å². The Morgan fingerprint density at radius 2 is 2.00 bits per heavy atom. The van der Waals surface area contributed by atoms with Gasteiger partial charge in [-0.2, -0.15) is 0 Å². The summed E-state index contributed by atoms with van der Waals surface area (Å²) < 4.78 is 5.07. The number of piperazine rings is 1. The van der Waals surface area contributed by atoms with Crippen molar-refractivity contribution in [1.29, 1.82) is 0 Å². The summed E-state index contributed by atoms with van der Waals surface area (Å²) in [6.07, 6.45) is 5.32. The van der Waals surface area contributed by atoms with Gasteiger partial charge in [0.2, 0.25) is 0 Å². The average molecular weight is 229 g/mol. The van der Waals surface area contributed by atoms with E-state index in [0.717, 1.165) is 43.1 Å². The Bertz CT molecular complexity index is 458. The predicted molar refractivity (Wildman–Crippen MR) is 67.0 cm³/mol. The van der Waals surface area contributed by atoms with E-state index in [9.17, 15) is 0 Å². The Morgan fingerprint density at radius 1 is 1.12 bits per heavy atom. The predicted octanol–water partition coefficient (Wildman–Crippen LogP) is 1.75. The van der Waals surface area contributed by atoms with Gasteiger partial charge in [-0.05, 0) is 18.2 Å². The zero-order valence-corrected chi connectivity index (χ0v) is 9.60. The van der Waals surface area contributed by atoms with Gasteiger partial charge in [-0.3, -0.25) is 0 Å². The van der Waals surface area contributed by atoms with Gasteiger partial charge in [0.05, 0.1) is 12.5 Å². The Kier molecular flexibility index (Phi) is 2.80. The van der Waals surface area contributed by atoms with Crippen molar-refractivity contribution in [2.24, 2.45) is 0 Å². The second-order valence-electron chi connectivity index (χ2n) is 4.15. The van der Waals surface area contributed by atoms with E-state index in [4.69, 9.17) is 4.42 Å². The lowest BCUT2D eigenvalue weighted by Gasteiger charge is -2.28. The molecule has 88 valence electrons. The summed E-state index contributed by atoms with van der Waals surface area (Å²) in [5.41, 5.74) is 2.17. The minimum absolute atomic E-state index is 1.03. The zero-order valence-electron chi connectivity index (χ0n) is 9.60. The minimum atomic E-state index is 1.03. The number of pyridine rings is 1. The number of nitrogens with one attached hydrogen (secondary N) is 1. The molecular formula is C13H15N3O. The van der Waals surface area contributed by atoms with E-state index in [0.29, 0.717) is 0 Å². The van der Waals surface area contributed by atoms with Crippen LogP contribution in [0.1, 0.15) is 0 Å². The summed E-state index contributed by atoms with van der Waals surface area (Å²) in [7, 11) is 0. The van der Waals surface area contributed by atoms with Gasteiger partial charge in [-0.15, -0.1) is 0 Å². The zero-order chi connectivity index (χ0) is 11.5. The number of hydrogen-bond acceptors (Lipinski definition) is 4. The van der Waals surface area contributed by atoms with Crippen molar-refractivity contribution in [1.82, 2.24) is 10.3 Å². The molecule has 2 aromatic heterocycles. The Hall–Kier alpha value is -1.81. The summed E-state index contributed by atoms with van der Waals surface area (Å²) >= 11 is 0. The van der Waals surface area contributed by atoms with Crippen molar-refractivity contribution in [3.8, 4) is 11.1 Å². The first-order chi connectivity index (χ1) is 8.43. The maximum Gasteiger partial charge on any atom is 0.128 e. The maximum atomic E-state index is 5.07. The van der Waals surface area contributed by atoms with Gasteiger partial charge < -0.3 is 14.6 Å². The lowest BCUT2D eigenvalue weighted by Crippen LogP contribution is -2.43. The van der Waals surface area contributed by atoms with Crippen LogP contribution in [0.25, 0.3) is 11.1 Å². The number of hydrogen-bond donors (Lipinski definition) is 1. The van der Waals surface area contributed by atoms with Crippen LogP contribution in [-0.4, -0.2) is 31.2 Å². The van der Waals surface area contributed by atoms with E-state index >= 15 is 0 Å². The Labute approximate surface area is 100 Å². The fraction of sp³-hybridized carbons (Fsp3) is 0.308. The normalized spacial score (nSPS) is 16.1. The number of nitrogens with zero attached hydrogens (tertiary/aromatic N) is 2. The van der Waals surface area contributed by atoms with Crippen LogP contribution >= 0.6 is 0 Å². The third-order valence-corrected chi connectivity index (χ3v) is 3.04. The second-order valence-corrected chi connectivity index (χ2v) is 4.15. The van der Waals surface area contributed by atoms with Crippen LogP contribution in [0, 0.1) is 0 Å². The van der Waals surface area contributed by atoms with Gasteiger partial charge >= 0.3 is 0 Å². The van der Waals surface area contributed by atoms with E-state index in [1.54, 1.807) is 12.5 Å². The number of anilines is 1. The molecule has 1 aliphatic rings. The minimum Gasteiger partial charge on any atom is -0.472 e. The summed E-state index contributed by atoms with van der Waals surface area (Å²) in [5, 5.41) is 3.34. The molecule has 17 heavy (non-hydrogen) atoms. The molecule has 0 spiro atoms. The molecule has 3 heterocycles. The maximum absolute atomic E-state index is 5.07. The van der Waals surface area contributed by atoms with Crippen LogP contribution in [0.4, 0.5) is 5.82 Å². The highest BCUT2D eigenvalue weighted by molar-refractivity contribution is 5.62. The number of aromatic nitrogens is 1. The molecule has 4 nitrogen and oxygen atoms in total. The molecule has 3 rings (SSSR count). The van der Waals surface area contributed by atoms with E-state index in [1.165, 1.54) is 0 Å². The Balaban J connectivity index is 1.80. The van der Waals surface area contributed by atoms with Crippen molar-refractivity contribution >= 4 is 5.82 Å². The van der Waals surface area contributed by atoms with Crippen LogP contribution in [0.5, 0.6) is 0 Å². The average Bonchev–Trinajstić information content (AvgIpc) is 2.94. The first-order valence-corrected chi connectivity index (χ1v) is 5.88. The van der Waals surface area contributed by atoms with Gasteiger partial charge in [-0.1, -0.05) is 0 Å². The third-order valence-electron chi connectivity index (χ3n) is 3.04. The molecule has 0 saturated carbocycles. The van der Waals surface area contributed by atoms with Crippen LogP contribution in [0.2, 0.25) is 0 Å². The molecule has 0 unspecified atom stereocenters. The van der Waals surface area contributed by atoms with Crippen molar-refractivity contribution < 1.29 is 4.42 Å². The van der Waals surface area contributed by atoms with E-state index in [2.05, 4.69) is 27.3 Å². The molecule has 1 fully saturated rings. The highest BCUT2D eigenvalue weighted by Gasteiger charge is 2.11. The van der Waals surface area contributed by atoms with Gasteiger partial charge in [-0.25, -0.2) is 4.98 Å². The highest BCUT2D eigenvalue weighted by atomic mass is 16.3. The SMILES string of the molecule is c1cc(-c2ccc(N3CCNCC3)nc2)co1. The van der Waals surface area contributed by atoms with Gasteiger partial charge in [0.15, 0.2) is 0 Å².